The molecule has 0 atom stereocenters. The number of hydrogen-bond acceptors (Lipinski definition) is 6. The van der Waals surface area contributed by atoms with Gasteiger partial charge in [0.1, 0.15) is 18.6 Å². The van der Waals surface area contributed by atoms with Crippen molar-refractivity contribution in [2.75, 3.05) is 13.2 Å². The van der Waals surface area contributed by atoms with Crippen LogP contribution in [0, 0.1) is 0 Å². The number of carbonyl (C=O) groups excluding carboxylic acids is 3. The summed E-state index contributed by atoms with van der Waals surface area (Å²) >= 11 is 0. The van der Waals surface area contributed by atoms with Gasteiger partial charge < -0.3 is 14.6 Å². The van der Waals surface area contributed by atoms with E-state index < -0.39 is 24.3 Å². The van der Waals surface area contributed by atoms with E-state index >= 15 is 0 Å². The highest BCUT2D eigenvalue weighted by Crippen LogP contribution is 1.86. The van der Waals surface area contributed by atoms with Crippen LogP contribution in [0.2, 0.25) is 0 Å². The fraction of sp³-hybridized carbons (Fsp3) is 0.636. The summed E-state index contributed by atoms with van der Waals surface area (Å²) in [6.07, 6.45) is -0.651. The van der Waals surface area contributed by atoms with E-state index in [-0.39, 0.29) is 18.8 Å². The second-order valence-electron chi connectivity index (χ2n) is 3.06. The van der Waals surface area contributed by atoms with E-state index in [4.69, 9.17) is 5.11 Å². The third-order valence-corrected chi connectivity index (χ3v) is 1.30. The van der Waals surface area contributed by atoms with Gasteiger partial charge in [-0.2, -0.15) is 0 Å². The monoisotopic (exact) mass is 262 g/mol. The standard InChI is InChI=1S/C6H10O3.C5H8O4/c1-3-9-6(8)4-5(2)7;1-2-9-5(8)3-4(6)7/h3-4H2,1-2H3;2-3H2,1H3,(H,6,7). The third kappa shape index (κ3) is 16.5. The zero-order valence-electron chi connectivity index (χ0n) is 10.7. The van der Waals surface area contributed by atoms with E-state index in [1.54, 1.807) is 13.8 Å². The van der Waals surface area contributed by atoms with Gasteiger partial charge in [0.25, 0.3) is 0 Å². The number of rotatable bonds is 6. The van der Waals surface area contributed by atoms with Crippen molar-refractivity contribution < 1.29 is 33.8 Å². The Bertz CT molecular complexity index is 266. The predicted octanol–water partition coefficient (Wildman–Crippen LogP) is 0.553. The number of carboxylic acid groups (broad SMARTS) is 1. The van der Waals surface area contributed by atoms with Crippen LogP contribution >= 0.6 is 0 Å². The van der Waals surface area contributed by atoms with E-state index in [1.807, 2.05) is 0 Å². The number of carboxylic acids is 1. The molecular weight excluding hydrogens is 244 g/mol. The van der Waals surface area contributed by atoms with Gasteiger partial charge in [0.2, 0.25) is 0 Å². The number of esters is 2. The predicted molar refractivity (Wildman–Crippen MR) is 60.8 cm³/mol. The van der Waals surface area contributed by atoms with E-state index in [9.17, 15) is 19.2 Å². The summed E-state index contributed by atoms with van der Waals surface area (Å²) in [5, 5.41) is 8.01. The molecule has 0 spiro atoms. The molecule has 7 nitrogen and oxygen atoms in total. The normalized spacial score (nSPS) is 8.61. The number of carbonyl (C=O) groups is 4. The quantitative estimate of drug-likeness (QED) is 0.550. The molecule has 0 saturated carbocycles. The average molecular weight is 262 g/mol. The number of hydrogen-bond donors (Lipinski definition) is 1. The molecule has 0 heterocycles. The highest BCUT2D eigenvalue weighted by molar-refractivity contribution is 5.94. The molecule has 0 rings (SSSR count). The molecule has 1 N–H and O–H groups in total. The minimum Gasteiger partial charge on any atom is -0.481 e. The first kappa shape index (κ1) is 18.4. The van der Waals surface area contributed by atoms with Gasteiger partial charge in [-0.05, 0) is 20.8 Å². The number of aliphatic carboxylic acids is 1. The van der Waals surface area contributed by atoms with Crippen LogP contribution in [-0.4, -0.2) is 42.0 Å². The van der Waals surface area contributed by atoms with Crippen LogP contribution in [0.25, 0.3) is 0 Å². The number of ketones is 1. The summed E-state index contributed by atoms with van der Waals surface area (Å²) in [5.74, 6) is -2.45. The van der Waals surface area contributed by atoms with Crippen LogP contribution in [0.15, 0.2) is 0 Å². The lowest BCUT2D eigenvalue weighted by molar-refractivity contribution is -0.151. The SMILES string of the molecule is CCOC(=O)CC(=O)O.CCOC(=O)CC(C)=O. The van der Waals surface area contributed by atoms with Gasteiger partial charge in [-0.1, -0.05) is 0 Å². The van der Waals surface area contributed by atoms with Gasteiger partial charge >= 0.3 is 17.9 Å². The molecule has 0 fully saturated rings. The van der Waals surface area contributed by atoms with E-state index in [0.717, 1.165) is 0 Å². The van der Waals surface area contributed by atoms with Gasteiger partial charge in [-0.3, -0.25) is 19.2 Å². The topological polar surface area (TPSA) is 107 Å². The van der Waals surface area contributed by atoms with Crippen LogP contribution < -0.4 is 0 Å². The van der Waals surface area contributed by atoms with E-state index in [1.165, 1.54) is 6.92 Å². The lowest BCUT2D eigenvalue weighted by Gasteiger charge is -1.96. The lowest BCUT2D eigenvalue weighted by Crippen LogP contribution is -2.09. The van der Waals surface area contributed by atoms with Crippen LogP contribution in [0.5, 0.6) is 0 Å². The van der Waals surface area contributed by atoms with Crippen LogP contribution in [0.3, 0.4) is 0 Å². The third-order valence-electron chi connectivity index (χ3n) is 1.30. The summed E-state index contributed by atoms with van der Waals surface area (Å²) in [7, 11) is 0. The fourth-order valence-electron chi connectivity index (χ4n) is 0.751. The number of Topliss-reactive ketones (excluding diaryl/α,β-unsaturated/α-hetero) is 1. The minimum atomic E-state index is -1.16. The van der Waals surface area contributed by atoms with Crippen molar-refractivity contribution in [2.45, 2.75) is 33.6 Å². The van der Waals surface area contributed by atoms with Gasteiger partial charge in [0.15, 0.2) is 0 Å². The smallest absolute Gasteiger partial charge is 0.317 e. The Hall–Kier alpha value is -1.92. The summed E-state index contributed by atoms with van der Waals surface area (Å²) in [5.41, 5.74) is 0. The van der Waals surface area contributed by atoms with E-state index in [0.29, 0.717) is 6.61 Å². The van der Waals surface area contributed by atoms with Crippen molar-refractivity contribution in [3.63, 3.8) is 0 Å². The number of ether oxygens (including phenoxy) is 2. The van der Waals surface area contributed by atoms with E-state index in [2.05, 4.69) is 9.47 Å². The molecule has 7 heteroatoms. The Morgan fingerprint density at radius 2 is 1.28 bits per heavy atom. The molecule has 0 aliphatic heterocycles. The molecule has 0 aromatic rings. The Kier molecular flexibility index (Phi) is 11.8. The maximum Gasteiger partial charge on any atom is 0.317 e. The Balaban J connectivity index is 0. The van der Waals surface area contributed by atoms with Crippen molar-refractivity contribution in [2.24, 2.45) is 0 Å². The largest absolute Gasteiger partial charge is 0.481 e. The molecule has 0 unspecified atom stereocenters. The Morgan fingerprint density at radius 1 is 0.889 bits per heavy atom. The van der Waals surface area contributed by atoms with Crippen LogP contribution in [-0.2, 0) is 28.7 Å². The molecule has 104 valence electrons. The maximum absolute atomic E-state index is 10.4. The minimum absolute atomic E-state index is 0.103. The second kappa shape index (κ2) is 11.6. The van der Waals surface area contributed by atoms with Crippen LogP contribution in [0.4, 0.5) is 0 Å². The Labute approximate surface area is 105 Å². The van der Waals surface area contributed by atoms with Crippen molar-refractivity contribution in [3.05, 3.63) is 0 Å². The van der Waals surface area contributed by atoms with Gasteiger partial charge in [0.05, 0.1) is 13.2 Å². The second-order valence-corrected chi connectivity index (χ2v) is 3.06. The first-order valence-corrected chi connectivity index (χ1v) is 5.35. The van der Waals surface area contributed by atoms with Crippen molar-refractivity contribution in [1.82, 2.24) is 0 Å². The first-order chi connectivity index (χ1) is 8.33. The Morgan fingerprint density at radius 3 is 1.56 bits per heavy atom. The molecule has 18 heavy (non-hydrogen) atoms. The average Bonchev–Trinajstić information content (AvgIpc) is 2.16. The molecule has 0 aliphatic rings. The molecule has 0 aromatic carbocycles. The lowest BCUT2D eigenvalue weighted by atomic mass is 10.3. The summed E-state index contributed by atoms with van der Waals surface area (Å²) in [6.45, 7) is 5.26. The van der Waals surface area contributed by atoms with Crippen molar-refractivity contribution in [3.8, 4) is 0 Å². The first-order valence-electron chi connectivity index (χ1n) is 5.35. The van der Waals surface area contributed by atoms with Crippen molar-refractivity contribution in [1.29, 1.82) is 0 Å². The highest BCUT2D eigenvalue weighted by Gasteiger charge is 2.06. The molecule has 0 aliphatic carbocycles. The fourth-order valence-corrected chi connectivity index (χ4v) is 0.751. The molecule has 0 saturated heterocycles. The van der Waals surface area contributed by atoms with Crippen molar-refractivity contribution >= 4 is 23.7 Å². The maximum atomic E-state index is 10.4. The van der Waals surface area contributed by atoms with Gasteiger partial charge in [-0.25, -0.2) is 0 Å². The summed E-state index contributed by atoms with van der Waals surface area (Å²) < 4.78 is 8.83. The molecular formula is C11H18O7. The highest BCUT2D eigenvalue weighted by atomic mass is 16.5. The molecule has 0 bridgehead atoms. The zero-order chi connectivity index (χ0) is 14.6. The molecule has 0 amide bonds. The zero-order valence-corrected chi connectivity index (χ0v) is 10.7. The summed E-state index contributed by atoms with van der Waals surface area (Å²) in [4.78, 5) is 40.7. The molecule has 0 aromatic heterocycles. The van der Waals surface area contributed by atoms with Gasteiger partial charge in [0, 0.05) is 0 Å². The van der Waals surface area contributed by atoms with Gasteiger partial charge in [-0.15, -0.1) is 0 Å². The van der Waals surface area contributed by atoms with Crippen LogP contribution in [0.1, 0.15) is 33.6 Å². The molecule has 0 radical (unpaired) electrons. The summed E-state index contributed by atoms with van der Waals surface area (Å²) in [6, 6.07) is 0.